The van der Waals surface area contributed by atoms with Gasteiger partial charge in [0.15, 0.2) is 0 Å². The van der Waals surface area contributed by atoms with E-state index in [9.17, 15) is 9.59 Å². The number of carbonyl (C=O) groups is 2. The van der Waals surface area contributed by atoms with Gasteiger partial charge in [-0.2, -0.15) is 10.2 Å². The summed E-state index contributed by atoms with van der Waals surface area (Å²) in [6, 6.07) is 7.24. The van der Waals surface area contributed by atoms with E-state index in [1.807, 2.05) is 12.1 Å². The van der Waals surface area contributed by atoms with Crippen molar-refractivity contribution in [3.63, 3.8) is 0 Å². The van der Waals surface area contributed by atoms with Crippen molar-refractivity contribution in [2.75, 3.05) is 26.3 Å². The minimum atomic E-state index is -0.212. The molecule has 2 saturated heterocycles. The van der Waals surface area contributed by atoms with E-state index in [1.54, 1.807) is 23.2 Å². The SMILES string of the molecule is O=C(NC1CN(C(=O)c2ccc3cn[nH]c3c2)C1)c1cc(C2CCOCC2)[nH]n1. The van der Waals surface area contributed by atoms with Gasteiger partial charge in [-0.1, -0.05) is 6.07 Å². The number of amides is 2. The number of H-pyrrole nitrogens is 2. The number of ether oxygens (including phenoxy) is 1. The Labute approximate surface area is 166 Å². The van der Waals surface area contributed by atoms with Gasteiger partial charge in [-0.05, 0) is 31.0 Å². The number of aromatic nitrogens is 4. The summed E-state index contributed by atoms with van der Waals surface area (Å²) in [6.07, 6.45) is 3.60. The highest BCUT2D eigenvalue weighted by Gasteiger charge is 2.33. The number of carbonyl (C=O) groups excluding carboxylic acids is 2. The molecule has 1 aromatic carbocycles. The quantitative estimate of drug-likeness (QED) is 0.619. The standard InChI is InChI=1S/C20H22N6O3/c27-19(18-8-17(24-25-18)12-3-5-29-6-4-12)22-15-10-26(11-15)20(28)13-1-2-14-9-21-23-16(14)7-13/h1-2,7-9,12,15H,3-6,10-11H2,(H,21,23)(H,22,27)(H,24,25). The number of hydrogen-bond acceptors (Lipinski definition) is 5. The van der Waals surface area contributed by atoms with Crippen LogP contribution in [0.2, 0.25) is 0 Å². The van der Waals surface area contributed by atoms with E-state index in [0.717, 1.165) is 42.7 Å². The van der Waals surface area contributed by atoms with Crippen LogP contribution in [0.3, 0.4) is 0 Å². The average Bonchev–Trinajstić information content (AvgIpc) is 3.39. The van der Waals surface area contributed by atoms with Crippen molar-refractivity contribution in [1.82, 2.24) is 30.6 Å². The zero-order chi connectivity index (χ0) is 19.8. The van der Waals surface area contributed by atoms with Crippen LogP contribution >= 0.6 is 0 Å². The summed E-state index contributed by atoms with van der Waals surface area (Å²) in [6.45, 7) is 2.46. The monoisotopic (exact) mass is 394 g/mol. The minimum absolute atomic E-state index is 0.0476. The molecule has 2 fully saturated rings. The van der Waals surface area contributed by atoms with Gasteiger partial charge in [0, 0.05) is 48.9 Å². The number of nitrogens with zero attached hydrogens (tertiary/aromatic N) is 3. The second-order valence-electron chi connectivity index (χ2n) is 7.65. The molecule has 3 aromatic rings. The van der Waals surface area contributed by atoms with E-state index >= 15 is 0 Å². The minimum Gasteiger partial charge on any atom is -0.381 e. The first-order valence-corrected chi connectivity index (χ1v) is 9.84. The van der Waals surface area contributed by atoms with E-state index in [-0.39, 0.29) is 17.9 Å². The van der Waals surface area contributed by atoms with Gasteiger partial charge >= 0.3 is 0 Å². The number of aromatic amines is 2. The predicted molar refractivity (Wildman–Crippen MR) is 105 cm³/mol. The average molecular weight is 394 g/mol. The van der Waals surface area contributed by atoms with E-state index in [1.165, 1.54) is 0 Å². The maximum absolute atomic E-state index is 12.6. The molecule has 9 nitrogen and oxygen atoms in total. The van der Waals surface area contributed by atoms with Crippen molar-refractivity contribution in [3.05, 3.63) is 47.4 Å². The maximum Gasteiger partial charge on any atom is 0.272 e. The topological polar surface area (TPSA) is 116 Å². The molecule has 2 aliphatic rings. The van der Waals surface area contributed by atoms with Crippen LogP contribution < -0.4 is 5.32 Å². The fourth-order valence-electron chi connectivity index (χ4n) is 3.92. The van der Waals surface area contributed by atoms with Crippen molar-refractivity contribution >= 4 is 22.7 Å². The molecule has 2 amide bonds. The molecular formula is C20H22N6O3. The molecule has 3 N–H and O–H groups in total. The Hall–Kier alpha value is -3.20. The van der Waals surface area contributed by atoms with Gasteiger partial charge < -0.3 is 15.0 Å². The second-order valence-corrected chi connectivity index (χ2v) is 7.65. The first kappa shape index (κ1) is 17.9. The van der Waals surface area contributed by atoms with E-state index in [2.05, 4.69) is 25.7 Å². The lowest BCUT2D eigenvalue weighted by Gasteiger charge is -2.39. The van der Waals surface area contributed by atoms with Crippen LogP contribution in [0.1, 0.15) is 45.3 Å². The zero-order valence-electron chi connectivity index (χ0n) is 15.9. The van der Waals surface area contributed by atoms with Crippen molar-refractivity contribution < 1.29 is 14.3 Å². The molecule has 0 bridgehead atoms. The normalized spacial score (nSPS) is 18.0. The van der Waals surface area contributed by atoms with Crippen LogP contribution in [0.4, 0.5) is 0 Å². The molecule has 0 unspecified atom stereocenters. The first-order chi connectivity index (χ1) is 14.2. The second kappa shape index (κ2) is 7.32. The number of nitrogens with one attached hydrogen (secondary N) is 3. The van der Waals surface area contributed by atoms with Crippen molar-refractivity contribution in [3.8, 4) is 0 Å². The van der Waals surface area contributed by atoms with Crippen LogP contribution in [0.15, 0.2) is 30.5 Å². The Morgan fingerprint density at radius 3 is 2.79 bits per heavy atom. The van der Waals surface area contributed by atoms with Gasteiger partial charge in [-0.3, -0.25) is 19.8 Å². The highest BCUT2D eigenvalue weighted by molar-refractivity contribution is 5.98. The largest absolute Gasteiger partial charge is 0.381 e. The number of rotatable bonds is 4. The van der Waals surface area contributed by atoms with Crippen LogP contribution in [0.5, 0.6) is 0 Å². The van der Waals surface area contributed by atoms with Crippen molar-refractivity contribution in [2.45, 2.75) is 24.8 Å². The van der Waals surface area contributed by atoms with Crippen LogP contribution in [0, 0.1) is 0 Å². The summed E-state index contributed by atoms with van der Waals surface area (Å²) in [5, 5.41) is 17.9. The summed E-state index contributed by atoms with van der Waals surface area (Å²) in [5.41, 5.74) is 2.82. The fourth-order valence-corrected chi connectivity index (χ4v) is 3.92. The fraction of sp³-hybridized carbons (Fsp3) is 0.400. The third kappa shape index (κ3) is 3.49. The summed E-state index contributed by atoms with van der Waals surface area (Å²) < 4.78 is 5.38. The molecule has 2 aliphatic heterocycles. The van der Waals surface area contributed by atoms with Crippen LogP contribution in [-0.4, -0.2) is 69.5 Å². The van der Waals surface area contributed by atoms with Gasteiger partial charge in [-0.25, -0.2) is 0 Å². The molecule has 29 heavy (non-hydrogen) atoms. The molecular weight excluding hydrogens is 372 g/mol. The number of fused-ring (bicyclic) bond motifs is 1. The Morgan fingerprint density at radius 2 is 1.97 bits per heavy atom. The van der Waals surface area contributed by atoms with Crippen LogP contribution in [-0.2, 0) is 4.74 Å². The van der Waals surface area contributed by atoms with Gasteiger partial charge in [0.1, 0.15) is 5.69 Å². The Balaban J connectivity index is 1.15. The molecule has 0 radical (unpaired) electrons. The highest BCUT2D eigenvalue weighted by Crippen LogP contribution is 2.25. The van der Waals surface area contributed by atoms with E-state index < -0.39 is 0 Å². The first-order valence-electron chi connectivity index (χ1n) is 9.84. The summed E-state index contributed by atoms with van der Waals surface area (Å²) in [5.74, 6) is 0.103. The van der Waals surface area contributed by atoms with Crippen molar-refractivity contribution in [1.29, 1.82) is 0 Å². The third-order valence-corrected chi connectivity index (χ3v) is 5.68. The van der Waals surface area contributed by atoms with Gasteiger partial charge in [0.25, 0.3) is 11.8 Å². The molecule has 0 atom stereocenters. The lowest BCUT2D eigenvalue weighted by molar-refractivity contribution is 0.0542. The highest BCUT2D eigenvalue weighted by atomic mass is 16.5. The molecule has 5 rings (SSSR count). The Morgan fingerprint density at radius 1 is 1.14 bits per heavy atom. The Kier molecular flexibility index (Phi) is 4.51. The summed E-state index contributed by atoms with van der Waals surface area (Å²) >= 11 is 0. The Bertz CT molecular complexity index is 1050. The summed E-state index contributed by atoms with van der Waals surface area (Å²) in [7, 11) is 0. The van der Waals surface area contributed by atoms with Crippen LogP contribution in [0.25, 0.3) is 10.9 Å². The van der Waals surface area contributed by atoms with E-state index in [0.29, 0.717) is 30.3 Å². The molecule has 0 aliphatic carbocycles. The molecule has 9 heteroatoms. The molecule has 0 spiro atoms. The van der Waals surface area contributed by atoms with E-state index in [4.69, 9.17) is 4.74 Å². The smallest absolute Gasteiger partial charge is 0.272 e. The summed E-state index contributed by atoms with van der Waals surface area (Å²) in [4.78, 5) is 26.8. The van der Waals surface area contributed by atoms with Gasteiger partial charge in [0.05, 0.1) is 17.8 Å². The molecule has 0 saturated carbocycles. The number of benzene rings is 1. The molecule has 4 heterocycles. The zero-order valence-corrected chi connectivity index (χ0v) is 15.9. The third-order valence-electron chi connectivity index (χ3n) is 5.68. The predicted octanol–water partition coefficient (Wildman–Crippen LogP) is 1.43. The van der Waals surface area contributed by atoms with Crippen molar-refractivity contribution in [2.24, 2.45) is 0 Å². The lowest BCUT2D eigenvalue weighted by Crippen LogP contribution is -2.61. The number of likely N-dealkylation sites (tertiary alicyclic amines) is 1. The van der Waals surface area contributed by atoms with Gasteiger partial charge in [-0.15, -0.1) is 0 Å². The molecule has 2 aromatic heterocycles. The molecule has 150 valence electrons. The maximum atomic E-state index is 12.6. The van der Waals surface area contributed by atoms with Gasteiger partial charge in [0.2, 0.25) is 0 Å². The number of hydrogen-bond donors (Lipinski definition) is 3. The lowest BCUT2D eigenvalue weighted by atomic mass is 9.96.